The van der Waals surface area contributed by atoms with Crippen molar-refractivity contribution in [3.8, 4) is 0 Å². The van der Waals surface area contributed by atoms with Gasteiger partial charge in [0.15, 0.2) is 0 Å². The minimum atomic E-state index is 0.148. The van der Waals surface area contributed by atoms with Gasteiger partial charge in [-0.1, -0.05) is 40.5 Å². The smallest absolute Gasteiger partial charge is 0.241 e. The van der Waals surface area contributed by atoms with Gasteiger partial charge in [-0.15, -0.1) is 0 Å². The Balaban J connectivity index is 2.12. The normalized spacial score (nSPS) is 23.1. The van der Waals surface area contributed by atoms with Gasteiger partial charge in [-0.3, -0.25) is 9.69 Å². The molecule has 1 aliphatic heterocycles. The number of likely N-dealkylation sites (N-methyl/N-ethyl adjacent to an activating group) is 1. The molecule has 1 aromatic carbocycles. The largest absolute Gasteiger partial charge is 0.310 e. The Hall–Kier alpha value is -0.840. The van der Waals surface area contributed by atoms with Crippen LogP contribution < -0.4 is 4.90 Å². The average molecular weight is 384 g/mol. The standard InChI is InChI=1S/C17H20BrClN2O/c1-11-4-3-5-14(18)13-8-12(19)9-15(17(11)13)21-7-6-20(2)10-16(21)22/h5,8-9,11H,3-4,6-7,10H2,1-2H3. The number of benzene rings is 1. The SMILES string of the molecule is CC1CCC=C(Br)c2cc(Cl)cc(N3CCN(C)CC3=O)c21. The molecule has 1 fully saturated rings. The van der Waals surface area contributed by atoms with Crippen LogP contribution in [-0.4, -0.2) is 37.5 Å². The molecule has 3 nitrogen and oxygen atoms in total. The second-order valence-corrected chi connectivity index (χ2v) is 7.49. The van der Waals surface area contributed by atoms with Crippen LogP contribution in [0.3, 0.4) is 0 Å². The van der Waals surface area contributed by atoms with E-state index in [-0.39, 0.29) is 5.91 Å². The molecule has 1 unspecified atom stereocenters. The number of carbonyl (C=O) groups excluding carboxylic acids is 1. The van der Waals surface area contributed by atoms with Crippen LogP contribution in [0.5, 0.6) is 0 Å². The Morgan fingerprint density at radius 2 is 2.09 bits per heavy atom. The van der Waals surface area contributed by atoms with Crippen LogP contribution >= 0.6 is 27.5 Å². The maximum absolute atomic E-state index is 12.5. The summed E-state index contributed by atoms with van der Waals surface area (Å²) < 4.78 is 1.08. The quantitative estimate of drug-likeness (QED) is 0.724. The van der Waals surface area contributed by atoms with Gasteiger partial charge in [-0.25, -0.2) is 0 Å². The predicted molar refractivity (Wildman–Crippen MR) is 95.9 cm³/mol. The van der Waals surface area contributed by atoms with E-state index in [0.717, 1.165) is 41.7 Å². The number of amides is 1. The number of hydrogen-bond donors (Lipinski definition) is 0. The summed E-state index contributed by atoms with van der Waals surface area (Å²) in [6.07, 6.45) is 4.32. The van der Waals surface area contributed by atoms with Gasteiger partial charge < -0.3 is 4.90 Å². The molecule has 0 spiro atoms. The van der Waals surface area contributed by atoms with Gasteiger partial charge in [-0.2, -0.15) is 0 Å². The highest BCUT2D eigenvalue weighted by Crippen LogP contribution is 2.43. The van der Waals surface area contributed by atoms with Crippen LogP contribution in [0.2, 0.25) is 5.02 Å². The van der Waals surface area contributed by atoms with E-state index in [0.29, 0.717) is 17.5 Å². The van der Waals surface area contributed by atoms with Crippen molar-refractivity contribution in [2.24, 2.45) is 0 Å². The van der Waals surface area contributed by atoms with Crippen LogP contribution in [0.25, 0.3) is 4.48 Å². The van der Waals surface area contributed by atoms with Crippen molar-refractivity contribution in [2.75, 3.05) is 31.6 Å². The summed E-state index contributed by atoms with van der Waals surface area (Å²) in [6.45, 7) is 4.30. The lowest BCUT2D eigenvalue weighted by molar-refractivity contribution is -0.120. The van der Waals surface area contributed by atoms with E-state index in [2.05, 4.69) is 33.8 Å². The third-order valence-corrected chi connectivity index (χ3v) is 5.47. The predicted octanol–water partition coefficient (Wildman–Crippen LogP) is 4.25. The summed E-state index contributed by atoms with van der Waals surface area (Å²) in [6, 6.07) is 3.95. The second kappa shape index (κ2) is 6.34. The Morgan fingerprint density at radius 3 is 2.82 bits per heavy atom. The molecular weight excluding hydrogens is 364 g/mol. The average Bonchev–Trinajstić information content (AvgIpc) is 2.58. The Morgan fingerprint density at radius 1 is 1.32 bits per heavy atom. The molecule has 1 saturated heterocycles. The van der Waals surface area contributed by atoms with Gasteiger partial charge in [-0.05, 0) is 49.1 Å². The molecule has 0 saturated carbocycles. The number of carbonyl (C=O) groups is 1. The summed E-state index contributed by atoms with van der Waals surface area (Å²) in [5, 5.41) is 0.680. The molecule has 22 heavy (non-hydrogen) atoms. The van der Waals surface area contributed by atoms with Crippen LogP contribution in [0.1, 0.15) is 36.8 Å². The van der Waals surface area contributed by atoms with Crippen LogP contribution in [0.15, 0.2) is 18.2 Å². The first-order valence-corrected chi connectivity index (χ1v) is 8.83. The number of allylic oxidation sites excluding steroid dienone is 1. The Labute approximate surface area is 145 Å². The monoisotopic (exact) mass is 382 g/mol. The fraction of sp³-hybridized carbons (Fsp3) is 0.471. The summed E-state index contributed by atoms with van der Waals surface area (Å²) >= 11 is 10.0. The number of halogens is 2. The van der Waals surface area contributed by atoms with E-state index in [1.54, 1.807) is 0 Å². The van der Waals surface area contributed by atoms with E-state index >= 15 is 0 Å². The zero-order valence-electron chi connectivity index (χ0n) is 12.9. The molecule has 1 atom stereocenters. The third kappa shape index (κ3) is 2.97. The van der Waals surface area contributed by atoms with Gasteiger partial charge in [0, 0.05) is 28.3 Å². The number of rotatable bonds is 1. The highest BCUT2D eigenvalue weighted by Gasteiger charge is 2.29. The summed E-state index contributed by atoms with van der Waals surface area (Å²) in [7, 11) is 1.98. The molecule has 1 amide bonds. The number of nitrogens with zero attached hydrogens (tertiary/aromatic N) is 2. The van der Waals surface area contributed by atoms with E-state index < -0.39 is 0 Å². The van der Waals surface area contributed by atoms with Crippen molar-refractivity contribution in [1.82, 2.24) is 4.90 Å². The van der Waals surface area contributed by atoms with E-state index in [1.165, 1.54) is 5.56 Å². The molecule has 0 radical (unpaired) electrons. The van der Waals surface area contributed by atoms with Crippen molar-refractivity contribution in [3.05, 3.63) is 34.4 Å². The van der Waals surface area contributed by atoms with Crippen molar-refractivity contribution < 1.29 is 4.79 Å². The molecule has 1 aliphatic carbocycles. The molecule has 118 valence electrons. The fourth-order valence-electron chi connectivity index (χ4n) is 3.30. The Kier molecular flexibility index (Phi) is 4.62. The van der Waals surface area contributed by atoms with Crippen molar-refractivity contribution >= 4 is 43.6 Å². The highest BCUT2D eigenvalue weighted by atomic mass is 79.9. The molecular formula is C17H20BrClN2O. The van der Waals surface area contributed by atoms with Gasteiger partial charge in [0.25, 0.3) is 0 Å². The lowest BCUT2D eigenvalue weighted by Gasteiger charge is -2.34. The van der Waals surface area contributed by atoms with Crippen molar-refractivity contribution in [2.45, 2.75) is 25.7 Å². The van der Waals surface area contributed by atoms with E-state index in [4.69, 9.17) is 11.6 Å². The lowest BCUT2D eigenvalue weighted by Crippen LogP contribution is -2.49. The molecule has 0 bridgehead atoms. The molecule has 1 heterocycles. The van der Waals surface area contributed by atoms with E-state index in [1.807, 2.05) is 24.1 Å². The maximum atomic E-state index is 12.5. The number of anilines is 1. The molecule has 2 aliphatic rings. The van der Waals surface area contributed by atoms with Crippen LogP contribution in [0.4, 0.5) is 5.69 Å². The molecule has 3 rings (SSSR count). The summed E-state index contributed by atoms with van der Waals surface area (Å²) in [5.41, 5.74) is 3.35. The van der Waals surface area contributed by atoms with E-state index in [9.17, 15) is 4.79 Å². The number of fused-ring (bicyclic) bond motifs is 1. The fourth-order valence-corrected chi connectivity index (χ4v) is 4.07. The van der Waals surface area contributed by atoms with Crippen LogP contribution in [0, 0.1) is 0 Å². The van der Waals surface area contributed by atoms with Crippen LogP contribution in [-0.2, 0) is 4.79 Å². The first-order chi connectivity index (χ1) is 10.5. The van der Waals surface area contributed by atoms with Gasteiger partial charge in [0.2, 0.25) is 5.91 Å². The van der Waals surface area contributed by atoms with Gasteiger partial charge >= 0.3 is 0 Å². The minimum absolute atomic E-state index is 0.148. The lowest BCUT2D eigenvalue weighted by atomic mass is 9.91. The van der Waals surface area contributed by atoms with Crippen molar-refractivity contribution in [3.63, 3.8) is 0 Å². The maximum Gasteiger partial charge on any atom is 0.241 e. The minimum Gasteiger partial charge on any atom is -0.310 e. The third-order valence-electron chi connectivity index (χ3n) is 4.50. The first kappa shape index (κ1) is 16.0. The van der Waals surface area contributed by atoms with Crippen molar-refractivity contribution in [1.29, 1.82) is 0 Å². The number of hydrogen-bond acceptors (Lipinski definition) is 2. The number of piperazine rings is 1. The molecule has 0 aromatic heterocycles. The first-order valence-electron chi connectivity index (χ1n) is 7.65. The summed E-state index contributed by atoms with van der Waals surface area (Å²) in [5.74, 6) is 0.552. The van der Waals surface area contributed by atoms with Gasteiger partial charge in [0.1, 0.15) is 0 Å². The zero-order chi connectivity index (χ0) is 15.9. The topological polar surface area (TPSA) is 23.6 Å². The molecule has 5 heteroatoms. The Bertz CT molecular complexity index is 644. The molecule has 1 aromatic rings. The molecule has 0 N–H and O–H groups in total. The highest BCUT2D eigenvalue weighted by molar-refractivity contribution is 9.15. The second-order valence-electron chi connectivity index (χ2n) is 6.20. The summed E-state index contributed by atoms with van der Waals surface area (Å²) in [4.78, 5) is 16.5. The van der Waals surface area contributed by atoms with Gasteiger partial charge in [0.05, 0.1) is 6.54 Å². The zero-order valence-corrected chi connectivity index (χ0v) is 15.2.